The number of benzene rings is 3. The number of amides is 1. The predicted molar refractivity (Wildman–Crippen MR) is 126 cm³/mol. The third kappa shape index (κ3) is 6.12. The number of hydrazone groups is 1. The maximum atomic E-state index is 12.5. The first-order valence-electron chi connectivity index (χ1n) is 10.0. The molecule has 6 heteroatoms. The second-order valence-corrected chi connectivity index (χ2v) is 7.77. The summed E-state index contributed by atoms with van der Waals surface area (Å²) in [6.07, 6.45) is 0.658. The van der Waals surface area contributed by atoms with Crippen LogP contribution in [-0.4, -0.2) is 25.8 Å². The zero-order valence-electron chi connectivity index (χ0n) is 17.9. The van der Waals surface area contributed by atoms with Crippen LogP contribution in [0.15, 0.2) is 82.8 Å². The number of carbonyl (C=O) groups excluding carboxylic acids is 1. The van der Waals surface area contributed by atoms with E-state index in [0.717, 1.165) is 22.6 Å². The Morgan fingerprint density at radius 3 is 2.23 bits per heavy atom. The lowest BCUT2D eigenvalue weighted by atomic mass is 10.1. The van der Waals surface area contributed by atoms with Crippen LogP contribution in [0.5, 0.6) is 11.5 Å². The van der Waals surface area contributed by atoms with Crippen molar-refractivity contribution in [3.63, 3.8) is 0 Å². The summed E-state index contributed by atoms with van der Waals surface area (Å²) >= 11 is 1.77. The van der Waals surface area contributed by atoms with Crippen LogP contribution < -0.4 is 14.9 Å². The first-order valence-corrected chi connectivity index (χ1v) is 11.0. The number of hydrogen-bond acceptors (Lipinski definition) is 5. The van der Waals surface area contributed by atoms with Crippen molar-refractivity contribution in [3.8, 4) is 11.5 Å². The molecule has 1 N–H and O–H groups in total. The van der Waals surface area contributed by atoms with Crippen molar-refractivity contribution < 1.29 is 14.3 Å². The number of methoxy groups -OCH3 is 2. The standard InChI is InChI=1S/C25H26N2O3S/c1-4-22(20-14-15-23(29-2)24(16-20)30-3)26-27-25(28)19-12-10-18(11-13-19)17-31-21-8-6-5-7-9-21/h5-16H,4,17H2,1-3H3,(H,27,28)/b26-22-. The van der Waals surface area contributed by atoms with Crippen LogP contribution >= 0.6 is 11.8 Å². The highest BCUT2D eigenvalue weighted by atomic mass is 32.2. The number of hydrogen-bond donors (Lipinski definition) is 1. The Balaban J connectivity index is 1.64. The van der Waals surface area contributed by atoms with Crippen molar-refractivity contribution >= 4 is 23.4 Å². The van der Waals surface area contributed by atoms with Crippen LogP contribution in [0.1, 0.15) is 34.8 Å². The molecule has 0 fully saturated rings. The molecule has 31 heavy (non-hydrogen) atoms. The van der Waals surface area contributed by atoms with E-state index in [4.69, 9.17) is 9.47 Å². The Hall–Kier alpha value is -3.25. The summed E-state index contributed by atoms with van der Waals surface area (Å²) in [6, 6.07) is 23.4. The normalized spacial score (nSPS) is 11.1. The third-order valence-electron chi connectivity index (χ3n) is 4.71. The number of nitrogens with zero attached hydrogens (tertiary/aromatic N) is 1. The minimum atomic E-state index is -0.242. The van der Waals surface area contributed by atoms with E-state index in [0.29, 0.717) is 23.5 Å². The molecular weight excluding hydrogens is 408 g/mol. The summed E-state index contributed by atoms with van der Waals surface area (Å²) in [7, 11) is 3.19. The molecule has 3 rings (SSSR count). The van der Waals surface area contributed by atoms with Crippen LogP contribution in [0.2, 0.25) is 0 Å². The maximum Gasteiger partial charge on any atom is 0.271 e. The molecule has 0 radical (unpaired) electrons. The number of carbonyl (C=O) groups is 1. The van der Waals surface area contributed by atoms with Crippen molar-refractivity contribution in [3.05, 3.63) is 89.5 Å². The van der Waals surface area contributed by atoms with Gasteiger partial charge in [0.05, 0.1) is 19.9 Å². The number of nitrogens with one attached hydrogen (secondary N) is 1. The van der Waals surface area contributed by atoms with Crippen LogP contribution in [0, 0.1) is 0 Å². The maximum absolute atomic E-state index is 12.5. The fourth-order valence-corrected chi connectivity index (χ4v) is 3.86. The highest BCUT2D eigenvalue weighted by Crippen LogP contribution is 2.28. The Labute approximate surface area is 187 Å². The van der Waals surface area contributed by atoms with E-state index in [1.54, 1.807) is 26.0 Å². The fourth-order valence-electron chi connectivity index (χ4n) is 2.98. The summed E-state index contributed by atoms with van der Waals surface area (Å²) < 4.78 is 10.6. The molecule has 0 spiro atoms. The molecule has 3 aromatic carbocycles. The van der Waals surface area contributed by atoms with Gasteiger partial charge in [-0.25, -0.2) is 5.43 Å². The van der Waals surface area contributed by atoms with Gasteiger partial charge in [-0.05, 0) is 54.4 Å². The molecule has 0 aliphatic heterocycles. The number of thioether (sulfide) groups is 1. The summed E-state index contributed by atoms with van der Waals surface area (Å²) in [5.41, 5.74) is 6.02. The zero-order valence-corrected chi connectivity index (χ0v) is 18.7. The Morgan fingerprint density at radius 2 is 1.58 bits per heavy atom. The van der Waals surface area contributed by atoms with Crippen molar-refractivity contribution in [2.45, 2.75) is 24.0 Å². The molecular formula is C25H26N2O3S. The largest absolute Gasteiger partial charge is 0.493 e. The summed E-state index contributed by atoms with van der Waals surface area (Å²) in [5, 5.41) is 4.33. The van der Waals surface area contributed by atoms with E-state index < -0.39 is 0 Å². The summed E-state index contributed by atoms with van der Waals surface area (Å²) in [6.45, 7) is 1.99. The van der Waals surface area contributed by atoms with Crippen molar-refractivity contribution in [1.29, 1.82) is 0 Å². The summed E-state index contributed by atoms with van der Waals surface area (Å²) in [5.74, 6) is 1.88. The number of rotatable bonds is 9. The fraction of sp³-hybridized carbons (Fsp3) is 0.200. The molecule has 0 aromatic heterocycles. The van der Waals surface area contributed by atoms with Crippen LogP contribution in [0.3, 0.4) is 0 Å². The minimum Gasteiger partial charge on any atom is -0.493 e. The summed E-state index contributed by atoms with van der Waals surface area (Å²) in [4.78, 5) is 13.8. The average molecular weight is 435 g/mol. The molecule has 3 aromatic rings. The lowest BCUT2D eigenvalue weighted by Gasteiger charge is -2.11. The topological polar surface area (TPSA) is 59.9 Å². The second-order valence-electron chi connectivity index (χ2n) is 6.72. The molecule has 0 aliphatic carbocycles. The molecule has 0 bridgehead atoms. The van der Waals surface area contributed by atoms with E-state index in [1.165, 1.54) is 4.90 Å². The van der Waals surface area contributed by atoms with Crippen LogP contribution in [-0.2, 0) is 5.75 Å². The van der Waals surface area contributed by atoms with Gasteiger partial charge in [0.15, 0.2) is 11.5 Å². The molecule has 0 atom stereocenters. The smallest absolute Gasteiger partial charge is 0.271 e. The van der Waals surface area contributed by atoms with Gasteiger partial charge in [0.1, 0.15) is 0 Å². The Bertz CT molecular complexity index is 1030. The number of ether oxygens (including phenoxy) is 2. The van der Waals surface area contributed by atoms with Crippen molar-refractivity contribution in [2.75, 3.05) is 14.2 Å². The minimum absolute atomic E-state index is 0.242. The molecule has 1 amide bonds. The zero-order chi connectivity index (χ0) is 22.1. The Kier molecular flexibility index (Phi) is 8.12. The molecule has 0 saturated carbocycles. The molecule has 0 aliphatic rings. The molecule has 160 valence electrons. The van der Waals surface area contributed by atoms with Crippen LogP contribution in [0.4, 0.5) is 0 Å². The highest BCUT2D eigenvalue weighted by Gasteiger charge is 2.10. The van der Waals surface area contributed by atoms with Gasteiger partial charge in [0.25, 0.3) is 5.91 Å². The monoisotopic (exact) mass is 434 g/mol. The van der Waals surface area contributed by atoms with Crippen LogP contribution in [0.25, 0.3) is 0 Å². The molecule has 0 unspecified atom stereocenters. The molecule has 0 heterocycles. The predicted octanol–water partition coefficient (Wildman–Crippen LogP) is 5.54. The van der Waals surface area contributed by atoms with Gasteiger partial charge in [-0.1, -0.05) is 37.3 Å². The van der Waals surface area contributed by atoms with E-state index >= 15 is 0 Å². The van der Waals surface area contributed by atoms with Gasteiger partial charge in [0, 0.05) is 21.8 Å². The SMILES string of the molecule is CC/C(=N/NC(=O)c1ccc(CSc2ccccc2)cc1)c1ccc(OC)c(OC)c1. The third-order valence-corrected chi connectivity index (χ3v) is 5.79. The van der Waals surface area contributed by atoms with Gasteiger partial charge in [0.2, 0.25) is 0 Å². The quantitative estimate of drug-likeness (QED) is 0.273. The van der Waals surface area contributed by atoms with Gasteiger partial charge < -0.3 is 9.47 Å². The van der Waals surface area contributed by atoms with E-state index in [9.17, 15) is 4.79 Å². The second kappa shape index (κ2) is 11.2. The first-order chi connectivity index (χ1) is 15.1. The van der Waals surface area contributed by atoms with E-state index in [1.807, 2.05) is 67.6 Å². The van der Waals surface area contributed by atoms with Crippen molar-refractivity contribution in [2.24, 2.45) is 5.10 Å². The van der Waals surface area contributed by atoms with E-state index in [2.05, 4.69) is 22.7 Å². The lowest BCUT2D eigenvalue weighted by molar-refractivity contribution is 0.0955. The lowest BCUT2D eigenvalue weighted by Crippen LogP contribution is -2.20. The van der Waals surface area contributed by atoms with Crippen molar-refractivity contribution in [1.82, 2.24) is 5.43 Å². The molecule has 0 saturated heterocycles. The van der Waals surface area contributed by atoms with E-state index in [-0.39, 0.29) is 5.91 Å². The van der Waals surface area contributed by atoms with Gasteiger partial charge in [-0.15, -0.1) is 11.8 Å². The van der Waals surface area contributed by atoms with Gasteiger partial charge >= 0.3 is 0 Å². The first kappa shape index (κ1) is 22.4. The Morgan fingerprint density at radius 1 is 0.903 bits per heavy atom. The van der Waals surface area contributed by atoms with Gasteiger partial charge in [-0.3, -0.25) is 4.79 Å². The van der Waals surface area contributed by atoms with Gasteiger partial charge in [-0.2, -0.15) is 5.10 Å². The molecule has 5 nitrogen and oxygen atoms in total. The average Bonchev–Trinajstić information content (AvgIpc) is 2.83. The highest BCUT2D eigenvalue weighted by molar-refractivity contribution is 7.98.